The van der Waals surface area contributed by atoms with E-state index < -0.39 is 5.54 Å². The van der Waals surface area contributed by atoms with Crippen LogP contribution in [0.4, 0.5) is 0 Å². The van der Waals surface area contributed by atoms with Gasteiger partial charge in [0, 0.05) is 25.3 Å². The number of fused-ring (bicyclic) bond motifs is 1. The Morgan fingerprint density at radius 3 is 3.00 bits per heavy atom. The molecule has 0 spiro atoms. The van der Waals surface area contributed by atoms with E-state index in [1.54, 1.807) is 12.3 Å². The van der Waals surface area contributed by atoms with Crippen molar-refractivity contribution in [3.05, 3.63) is 36.2 Å². The van der Waals surface area contributed by atoms with E-state index in [1.165, 1.54) is 0 Å². The number of H-pyrrole nitrogens is 1. The number of aromatic nitrogens is 3. The Hall–Kier alpha value is -2.78. The van der Waals surface area contributed by atoms with Gasteiger partial charge in [-0.25, -0.2) is 0 Å². The van der Waals surface area contributed by atoms with Crippen molar-refractivity contribution in [1.82, 2.24) is 30.7 Å². The maximum atomic E-state index is 12.8. The lowest BCUT2D eigenvalue weighted by Gasteiger charge is -2.40. The SMILES string of the molecule is O=C(N[C@@H]1CN2CCCC[C@@]2(C(=O)NCCO)C1)c1cc(-c2ccccn2)n[nH]1. The number of amides is 2. The molecule has 4 N–H and O–H groups in total. The van der Waals surface area contributed by atoms with Crippen LogP contribution in [0.15, 0.2) is 30.5 Å². The third kappa shape index (κ3) is 3.88. The molecule has 2 amide bonds. The molecule has 4 rings (SSSR count). The minimum Gasteiger partial charge on any atom is -0.395 e. The number of pyridine rings is 1. The molecule has 2 aliphatic heterocycles. The molecule has 0 saturated carbocycles. The summed E-state index contributed by atoms with van der Waals surface area (Å²) in [7, 11) is 0. The number of aliphatic hydroxyl groups is 1. The van der Waals surface area contributed by atoms with Crippen LogP contribution in [0.25, 0.3) is 11.4 Å². The summed E-state index contributed by atoms with van der Waals surface area (Å²) < 4.78 is 0. The molecule has 2 atom stereocenters. The van der Waals surface area contributed by atoms with Gasteiger partial charge in [-0.2, -0.15) is 5.10 Å². The van der Waals surface area contributed by atoms with Crippen LogP contribution >= 0.6 is 0 Å². The van der Waals surface area contributed by atoms with Crippen LogP contribution in [0.1, 0.15) is 36.2 Å². The molecule has 9 heteroatoms. The number of hydrogen-bond acceptors (Lipinski definition) is 6. The highest BCUT2D eigenvalue weighted by Crippen LogP contribution is 2.38. The molecular formula is C20H26N6O3. The molecule has 0 aromatic carbocycles. The normalized spacial score (nSPS) is 24.1. The second-order valence-corrected chi connectivity index (χ2v) is 7.67. The number of carbonyl (C=O) groups is 2. The number of nitrogens with zero attached hydrogens (tertiary/aromatic N) is 3. The summed E-state index contributed by atoms with van der Waals surface area (Å²) in [5.74, 6) is -0.294. The van der Waals surface area contributed by atoms with Gasteiger partial charge in [0.1, 0.15) is 16.9 Å². The molecule has 0 bridgehead atoms. The summed E-state index contributed by atoms with van der Waals surface area (Å²) in [6.45, 7) is 1.64. The van der Waals surface area contributed by atoms with E-state index in [2.05, 4.69) is 30.7 Å². The van der Waals surface area contributed by atoms with E-state index in [9.17, 15) is 9.59 Å². The van der Waals surface area contributed by atoms with Crippen molar-refractivity contribution in [3.8, 4) is 11.4 Å². The highest BCUT2D eigenvalue weighted by atomic mass is 16.3. The first kappa shape index (κ1) is 19.5. The van der Waals surface area contributed by atoms with E-state index in [-0.39, 0.29) is 31.0 Å². The van der Waals surface area contributed by atoms with Crippen molar-refractivity contribution in [3.63, 3.8) is 0 Å². The summed E-state index contributed by atoms with van der Waals surface area (Å²) in [6, 6.07) is 7.09. The fraction of sp³-hybridized carbons (Fsp3) is 0.500. The maximum Gasteiger partial charge on any atom is 0.269 e. The smallest absolute Gasteiger partial charge is 0.269 e. The van der Waals surface area contributed by atoms with Crippen molar-refractivity contribution >= 4 is 11.8 Å². The highest BCUT2D eigenvalue weighted by Gasteiger charge is 2.52. The fourth-order valence-corrected chi connectivity index (χ4v) is 4.45. The predicted octanol–water partition coefficient (Wildman–Crippen LogP) is 0.307. The Kier molecular flexibility index (Phi) is 5.59. The van der Waals surface area contributed by atoms with Gasteiger partial charge < -0.3 is 15.7 Å². The summed E-state index contributed by atoms with van der Waals surface area (Å²) in [5, 5.41) is 21.9. The van der Waals surface area contributed by atoms with E-state index in [0.29, 0.717) is 30.0 Å². The molecule has 154 valence electrons. The molecule has 2 fully saturated rings. The quantitative estimate of drug-likeness (QED) is 0.555. The number of piperidine rings is 1. The van der Waals surface area contributed by atoms with Crippen LogP contribution in [0, 0.1) is 0 Å². The molecule has 2 saturated heterocycles. The zero-order valence-electron chi connectivity index (χ0n) is 16.2. The van der Waals surface area contributed by atoms with Crippen LogP contribution < -0.4 is 10.6 Å². The predicted molar refractivity (Wildman–Crippen MR) is 106 cm³/mol. The first-order valence-electron chi connectivity index (χ1n) is 10.0. The molecule has 4 heterocycles. The molecule has 0 aliphatic carbocycles. The lowest BCUT2D eigenvalue weighted by Crippen LogP contribution is -2.57. The Bertz CT molecular complexity index is 870. The van der Waals surface area contributed by atoms with Gasteiger partial charge >= 0.3 is 0 Å². The average molecular weight is 398 g/mol. The number of aliphatic hydroxyl groups excluding tert-OH is 1. The Balaban J connectivity index is 1.44. The van der Waals surface area contributed by atoms with E-state index in [0.717, 1.165) is 25.8 Å². The Morgan fingerprint density at radius 2 is 2.21 bits per heavy atom. The minimum atomic E-state index is -0.599. The maximum absolute atomic E-state index is 12.8. The van der Waals surface area contributed by atoms with E-state index >= 15 is 0 Å². The van der Waals surface area contributed by atoms with Crippen molar-refractivity contribution in [2.24, 2.45) is 0 Å². The summed E-state index contributed by atoms with van der Waals surface area (Å²) in [4.78, 5) is 32.0. The van der Waals surface area contributed by atoms with Crippen molar-refractivity contribution in [2.75, 3.05) is 26.2 Å². The zero-order valence-corrected chi connectivity index (χ0v) is 16.2. The number of hydrogen-bond donors (Lipinski definition) is 4. The third-order valence-corrected chi connectivity index (χ3v) is 5.80. The first-order valence-corrected chi connectivity index (χ1v) is 10.0. The van der Waals surface area contributed by atoms with Crippen LogP contribution in [-0.4, -0.2) is 74.8 Å². The number of rotatable bonds is 6. The molecule has 0 radical (unpaired) electrons. The molecule has 9 nitrogen and oxygen atoms in total. The largest absolute Gasteiger partial charge is 0.395 e. The first-order chi connectivity index (χ1) is 14.1. The van der Waals surface area contributed by atoms with Gasteiger partial charge in [0.2, 0.25) is 5.91 Å². The van der Waals surface area contributed by atoms with Gasteiger partial charge in [-0.1, -0.05) is 6.07 Å². The molecule has 2 aromatic rings. The minimum absolute atomic E-state index is 0.0537. The van der Waals surface area contributed by atoms with Gasteiger partial charge in [-0.15, -0.1) is 0 Å². The summed E-state index contributed by atoms with van der Waals surface area (Å²) in [5.41, 5.74) is 1.08. The van der Waals surface area contributed by atoms with E-state index in [1.807, 2.05) is 18.2 Å². The van der Waals surface area contributed by atoms with Gasteiger partial charge in [0.05, 0.1) is 12.3 Å². The van der Waals surface area contributed by atoms with Crippen LogP contribution in [0.2, 0.25) is 0 Å². The van der Waals surface area contributed by atoms with Gasteiger partial charge in [0.15, 0.2) is 0 Å². The molecule has 2 aliphatic rings. The van der Waals surface area contributed by atoms with Crippen LogP contribution in [-0.2, 0) is 4.79 Å². The highest BCUT2D eigenvalue weighted by molar-refractivity contribution is 5.94. The fourth-order valence-electron chi connectivity index (χ4n) is 4.45. The topological polar surface area (TPSA) is 123 Å². The summed E-state index contributed by atoms with van der Waals surface area (Å²) >= 11 is 0. The molecule has 2 aromatic heterocycles. The zero-order chi connectivity index (χ0) is 20.3. The molecule has 29 heavy (non-hydrogen) atoms. The average Bonchev–Trinajstić information content (AvgIpc) is 3.38. The summed E-state index contributed by atoms with van der Waals surface area (Å²) in [6.07, 6.45) is 5.04. The van der Waals surface area contributed by atoms with Crippen LogP contribution in [0.5, 0.6) is 0 Å². The molecular weight excluding hydrogens is 372 g/mol. The molecule has 0 unspecified atom stereocenters. The Labute approximate surface area is 168 Å². The second kappa shape index (κ2) is 8.30. The lowest BCUT2D eigenvalue weighted by molar-refractivity contribution is -0.134. The lowest BCUT2D eigenvalue weighted by atomic mass is 9.84. The number of nitrogens with one attached hydrogen (secondary N) is 3. The number of carbonyl (C=O) groups excluding carboxylic acids is 2. The van der Waals surface area contributed by atoms with Gasteiger partial charge in [-0.3, -0.25) is 24.6 Å². The third-order valence-electron chi connectivity index (χ3n) is 5.80. The number of aromatic amines is 1. The van der Waals surface area contributed by atoms with Gasteiger partial charge in [0.25, 0.3) is 5.91 Å². The van der Waals surface area contributed by atoms with Crippen molar-refractivity contribution in [1.29, 1.82) is 0 Å². The van der Waals surface area contributed by atoms with E-state index in [4.69, 9.17) is 5.11 Å². The van der Waals surface area contributed by atoms with Crippen molar-refractivity contribution < 1.29 is 14.7 Å². The van der Waals surface area contributed by atoms with Crippen molar-refractivity contribution in [2.45, 2.75) is 37.3 Å². The standard InChI is InChI=1S/C20H26N6O3/c27-10-8-22-19(29)20-6-2-4-9-26(20)13-14(12-20)23-18(28)17-11-16(24-25-17)15-5-1-3-7-21-15/h1,3,5,7,11,14,27H,2,4,6,8-10,12-13H2,(H,22,29)(H,23,28)(H,24,25)/t14-,20-/m0/s1. The Morgan fingerprint density at radius 1 is 1.31 bits per heavy atom. The monoisotopic (exact) mass is 398 g/mol. The van der Waals surface area contributed by atoms with Crippen LogP contribution in [0.3, 0.4) is 0 Å². The van der Waals surface area contributed by atoms with Gasteiger partial charge in [-0.05, 0) is 50.4 Å². The second-order valence-electron chi connectivity index (χ2n) is 7.67.